The second kappa shape index (κ2) is 7.14. The number of H-pyrrole nitrogens is 1. The lowest BCUT2D eigenvalue weighted by Crippen LogP contribution is -2.22. The number of carbonyl (C=O) groups excluding carboxylic acids is 1. The highest BCUT2D eigenvalue weighted by Crippen LogP contribution is 2.27. The molecule has 2 aromatic heterocycles. The van der Waals surface area contributed by atoms with Crippen LogP contribution in [-0.4, -0.2) is 40.6 Å². The normalized spacial score (nSPS) is 11.4. The topological polar surface area (TPSA) is 94.7 Å². The molecule has 0 aliphatic rings. The van der Waals surface area contributed by atoms with E-state index in [1.807, 2.05) is 0 Å². The van der Waals surface area contributed by atoms with Gasteiger partial charge in [0.1, 0.15) is 18.0 Å². The van der Waals surface area contributed by atoms with Crippen molar-refractivity contribution in [1.29, 1.82) is 0 Å². The van der Waals surface area contributed by atoms with Crippen LogP contribution in [0.2, 0.25) is 0 Å². The van der Waals surface area contributed by atoms with E-state index >= 15 is 0 Å². The minimum Gasteiger partial charge on any atom is -0.360 e. The van der Waals surface area contributed by atoms with Crippen molar-refractivity contribution >= 4 is 34.4 Å². The average Bonchev–Trinajstić information content (AvgIpc) is 3.00. The number of carbonyl (C=O) groups is 1. The van der Waals surface area contributed by atoms with E-state index in [9.17, 15) is 18.0 Å². The number of aromatic nitrogens is 3. The van der Waals surface area contributed by atoms with Gasteiger partial charge in [-0.15, -0.1) is 0 Å². The number of aryl methyl sites for hydroxylation is 1. The van der Waals surface area contributed by atoms with E-state index in [2.05, 4.69) is 30.9 Å². The Hall–Kier alpha value is -3.30. The van der Waals surface area contributed by atoms with Gasteiger partial charge in [-0.1, -0.05) is 0 Å². The molecule has 0 bridgehead atoms. The summed E-state index contributed by atoms with van der Waals surface area (Å²) >= 11 is 0. The van der Waals surface area contributed by atoms with Gasteiger partial charge >= 0.3 is 6.18 Å². The van der Waals surface area contributed by atoms with Gasteiger partial charge in [0.05, 0.1) is 5.39 Å². The largest absolute Gasteiger partial charge is 0.405 e. The summed E-state index contributed by atoms with van der Waals surface area (Å²) in [6.07, 6.45) is -2.72. The van der Waals surface area contributed by atoms with Gasteiger partial charge in [-0.25, -0.2) is 0 Å². The van der Waals surface area contributed by atoms with Crippen molar-refractivity contribution in [3.63, 3.8) is 0 Å². The Morgan fingerprint density at radius 2 is 1.89 bits per heavy atom. The number of nitrogens with zero attached hydrogens (tertiary/aromatic N) is 2. The van der Waals surface area contributed by atoms with Crippen LogP contribution in [-0.2, 0) is 0 Å². The van der Waals surface area contributed by atoms with Crippen LogP contribution in [0.4, 0.5) is 30.6 Å². The fourth-order valence-electron chi connectivity index (χ4n) is 2.53. The van der Waals surface area contributed by atoms with Crippen LogP contribution >= 0.6 is 0 Å². The first kappa shape index (κ1) is 18.5. The van der Waals surface area contributed by atoms with Crippen molar-refractivity contribution < 1.29 is 18.0 Å². The lowest BCUT2D eigenvalue weighted by atomic mass is 10.2. The summed E-state index contributed by atoms with van der Waals surface area (Å²) in [5.41, 5.74) is 2.21. The molecule has 0 aliphatic heterocycles. The number of amides is 1. The summed E-state index contributed by atoms with van der Waals surface area (Å²) in [7, 11) is 1.53. The van der Waals surface area contributed by atoms with Gasteiger partial charge in [-0.2, -0.15) is 23.1 Å². The van der Waals surface area contributed by atoms with Crippen LogP contribution in [0.5, 0.6) is 0 Å². The molecule has 0 spiro atoms. The van der Waals surface area contributed by atoms with E-state index in [-0.39, 0.29) is 17.7 Å². The zero-order chi connectivity index (χ0) is 19.6. The molecule has 3 aromatic rings. The van der Waals surface area contributed by atoms with E-state index in [4.69, 9.17) is 0 Å². The maximum absolute atomic E-state index is 12.6. The van der Waals surface area contributed by atoms with Gasteiger partial charge in [0, 0.05) is 24.5 Å². The van der Waals surface area contributed by atoms with Crippen LogP contribution < -0.4 is 16.0 Å². The van der Waals surface area contributed by atoms with Crippen molar-refractivity contribution in [3.05, 3.63) is 41.6 Å². The molecule has 4 N–H and O–H groups in total. The van der Waals surface area contributed by atoms with Crippen molar-refractivity contribution in [2.45, 2.75) is 13.1 Å². The number of fused-ring (bicyclic) bond motifs is 1. The van der Waals surface area contributed by atoms with E-state index in [0.717, 1.165) is 5.56 Å². The van der Waals surface area contributed by atoms with Gasteiger partial charge in [0.15, 0.2) is 0 Å². The number of nitrogens with one attached hydrogen (secondary N) is 4. The molecular weight excluding hydrogens is 361 g/mol. The van der Waals surface area contributed by atoms with E-state index in [1.165, 1.54) is 7.05 Å². The molecule has 2 heterocycles. The standard InChI is InChI=1S/C17H17F3N6O/c1-9-7-22-13-12(9)14(23-8-17(18,19)20)26-16(25-13)24-11-5-3-10(4-6-11)15(27)21-2/h3-7H,8H2,1-2H3,(H,21,27)(H3,22,23,24,25,26). The molecule has 10 heteroatoms. The zero-order valence-corrected chi connectivity index (χ0v) is 14.5. The number of anilines is 3. The third-order valence-corrected chi connectivity index (χ3v) is 3.82. The number of benzene rings is 1. The minimum atomic E-state index is -4.37. The molecule has 0 aliphatic carbocycles. The number of alkyl halides is 3. The highest BCUT2D eigenvalue weighted by atomic mass is 19.4. The highest BCUT2D eigenvalue weighted by Gasteiger charge is 2.27. The summed E-state index contributed by atoms with van der Waals surface area (Å²) < 4.78 is 37.8. The fourth-order valence-corrected chi connectivity index (χ4v) is 2.53. The second-order valence-corrected chi connectivity index (χ2v) is 5.84. The van der Waals surface area contributed by atoms with Crippen LogP contribution in [0.1, 0.15) is 15.9 Å². The van der Waals surface area contributed by atoms with Gasteiger partial charge in [0.2, 0.25) is 5.95 Å². The quantitative estimate of drug-likeness (QED) is 0.546. The Morgan fingerprint density at radius 3 is 2.52 bits per heavy atom. The lowest BCUT2D eigenvalue weighted by molar-refractivity contribution is -0.115. The number of aromatic amines is 1. The van der Waals surface area contributed by atoms with Crippen LogP contribution in [0.3, 0.4) is 0 Å². The molecule has 7 nitrogen and oxygen atoms in total. The predicted molar refractivity (Wildman–Crippen MR) is 96.3 cm³/mol. The second-order valence-electron chi connectivity index (χ2n) is 5.84. The first-order chi connectivity index (χ1) is 12.8. The Kier molecular flexibility index (Phi) is 4.89. The number of halogens is 3. The first-order valence-electron chi connectivity index (χ1n) is 8.02. The number of hydrogen-bond donors (Lipinski definition) is 4. The van der Waals surface area contributed by atoms with Crippen LogP contribution in [0.25, 0.3) is 11.0 Å². The molecule has 0 saturated carbocycles. The highest BCUT2D eigenvalue weighted by molar-refractivity contribution is 5.94. The van der Waals surface area contributed by atoms with Crippen molar-refractivity contribution in [3.8, 4) is 0 Å². The molecule has 142 valence electrons. The molecular formula is C17H17F3N6O. The SMILES string of the molecule is CNC(=O)c1ccc(Nc2nc(NCC(F)(F)F)c3c(C)c[nH]c3n2)cc1. The summed E-state index contributed by atoms with van der Waals surface area (Å²) in [5, 5.41) is 8.27. The van der Waals surface area contributed by atoms with Crippen LogP contribution in [0.15, 0.2) is 30.5 Å². The number of rotatable bonds is 5. The maximum atomic E-state index is 12.6. The molecule has 0 radical (unpaired) electrons. The Balaban J connectivity index is 1.89. The molecule has 27 heavy (non-hydrogen) atoms. The summed E-state index contributed by atoms with van der Waals surface area (Å²) in [4.78, 5) is 23.0. The Labute approximate surface area is 152 Å². The molecule has 1 aromatic carbocycles. The molecule has 0 fully saturated rings. The van der Waals surface area contributed by atoms with Crippen molar-refractivity contribution in [1.82, 2.24) is 20.3 Å². The van der Waals surface area contributed by atoms with E-state index in [0.29, 0.717) is 22.3 Å². The smallest absolute Gasteiger partial charge is 0.360 e. The number of hydrogen-bond acceptors (Lipinski definition) is 5. The zero-order valence-electron chi connectivity index (χ0n) is 14.5. The Morgan fingerprint density at radius 1 is 1.19 bits per heavy atom. The summed E-state index contributed by atoms with van der Waals surface area (Å²) in [5.74, 6) is -0.0120. The average molecular weight is 378 g/mol. The molecule has 0 unspecified atom stereocenters. The van der Waals surface area contributed by atoms with Gasteiger partial charge < -0.3 is 20.9 Å². The first-order valence-corrected chi connectivity index (χ1v) is 8.02. The summed E-state index contributed by atoms with van der Waals surface area (Å²) in [6, 6.07) is 6.53. The maximum Gasteiger partial charge on any atom is 0.405 e. The third-order valence-electron chi connectivity index (χ3n) is 3.82. The Bertz CT molecular complexity index is 965. The van der Waals surface area contributed by atoms with E-state index in [1.54, 1.807) is 37.4 Å². The molecule has 0 atom stereocenters. The monoisotopic (exact) mass is 378 g/mol. The lowest BCUT2D eigenvalue weighted by Gasteiger charge is -2.12. The van der Waals surface area contributed by atoms with Gasteiger partial charge in [-0.05, 0) is 36.8 Å². The van der Waals surface area contributed by atoms with E-state index < -0.39 is 12.7 Å². The predicted octanol–water partition coefficient (Wildman–Crippen LogP) is 3.34. The van der Waals surface area contributed by atoms with Gasteiger partial charge in [-0.3, -0.25) is 4.79 Å². The molecule has 0 saturated heterocycles. The minimum absolute atomic E-state index is 0.0838. The summed E-state index contributed by atoms with van der Waals surface area (Å²) in [6.45, 7) is 0.551. The molecule has 3 rings (SSSR count). The van der Waals surface area contributed by atoms with Gasteiger partial charge in [0.25, 0.3) is 5.91 Å². The fraction of sp³-hybridized carbons (Fsp3) is 0.235. The van der Waals surface area contributed by atoms with Crippen molar-refractivity contribution in [2.24, 2.45) is 0 Å². The molecule has 1 amide bonds. The van der Waals surface area contributed by atoms with Crippen LogP contribution in [0, 0.1) is 6.92 Å². The third kappa shape index (κ3) is 4.27. The van der Waals surface area contributed by atoms with Crippen molar-refractivity contribution in [2.75, 3.05) is 24.2 Å².